The minimum atomic E-state index is -0.659. The number of nitro benzene ring substituents is 1. The fourth-order valence-corrected chi connectivity index (χ4v) is 2.76. The molecule has 0 unspecified atom stereocenters. The van der Waals surface area contributed by atoms with E-state index in [1.807, 2.05) is 13.8 Å². The Kier molecular flexibility index (Phi) is 4.79. The standard InChI is InChI=1S/C15H16ClN3O4/c1-15(2)7-10(6-11(20)8-15)17-18-14(21)9-3-4-12(16)13(5-9)19(22)23/h3-5H,6-8H2,1-2H3,(H,18,21). The van der Waals surface area contributed by atoms with E-state index in [4.69, 9.17) is 11.6 Å². The number of nitro groups is 1. The van der Waals surface area contributed by atoms with Crippen molar-refractivity contribution in [2.24, 2.45) is 10.5 Å². The van der Waals surface area contributed by atoms with Crippen LogP contribution in [0.4, 0.5) is 5.69 Å². The smallest absolute Gasteiger partial charge is 0.288 e. The Bertz CT molecular complexity index is 713. The van der Waals surface area contributed by atoms with Gasteiger partial charge in [0.15, 0.2) is 0 Å². The molecule has 1 aliphatic carbocycles. The van der Waals surface area contributed by atoms with E-state index < -0.39 is 10.8 Å². The first-order valence-corrected chi connectivity index (χ1v) is 7.37. The monoisotopic (exact) mass is 337 g/mol. The molecule has 1 aromatic carbocycles. The van der Waals surface area contributed by atoms with Gasteiger partial charge in [0.2, 0.25) is 0 Å². The molecule has 1 saturated carbocycles. The zero-order valence-corrected chi connectivity index (χ0v) is 13.5. The lowest BCUT2D eigenvalue weighted by Gasteiger charge is -2.28. The summed E-state index contributed by atoms with van der Waals surface area (Å²) < 4.78 is 0. The maximum absolute atomic E-state index is 12.0. The highest BCUT2D eigenvalue weighted by Crippen LogP contribution is 2.31. The van der Waals surface area contributed by atoms with E-state index in [2.05, 4.69) is 10.5 Å². The van der Waals surface area contributed by atoms with Crippen LogP contribution in [0.1, 0.15) is 43.5 Å². The van der Waals surface area contributed by atoms with Crippen LogP contribution in [0.3, 0.4) is 0 Å². The zero-order valence-electron chi connectivity index (χ0n) is 12.8. The van der Waals surface area contributed by atoms with Gasteiger partial charge in [0.25, 0.3) is 11.6 Å². The van der Waals surface area contributed by atoms with Gasteiger partial charge >= 0.3 is 0 Å². The van der Waals surface area contributed by atoms with Gasteiger partial charge in [0.1, 0.15) is 10.8 Å². The number of hydrogen-bond donors (Lipinski definition) is 1. The van der Waals surface area contributed by atoms with Gasteiger partial charge in [-0.05, 0) is 24.0 Å². The molecule has 1 N–H and O–H groups in total. The van der Waals surface area contributed by atoms with Gasteiger partial charge in [-0.2, -0.15) is 5.10 Å². The van der Waals surface area contributed by atoms with E-state index in [1.54, 1.807) is 0 Å². The third kappa shape index (κ3) is 4.35. The number of Topliss-reactive ketones (excluding diaryl/α,β-unsaturated/α-hetero) is 1. The third-order valence-electron chi connectivity index (χ3n) is 3.48. The summed E-state index contributed by atoms with van der Waals surface area (Å²) >= 11 is 5.70. The van der Waals surface area contributed by atoms with E-state index in [-0.39, 0.29) is 33.9 Å². The average Bonchev–Trinajstić information content (AvgIpc) is 2.42. The highest BCUT2D eigenvalue weighted by molar-refractivity contribution is 6.32. The van der Waals surface area contributed by atoms with Crippen molar-refractivity contribution in [3.8, 4) is 0 Å². The van der Waals surface area contributed by atoms with E-state index in [0.29, 0.717) is 18.6 Å². The molecular formula is C15H16ClN3O4. The number of ketones is 1. The summed E-state index contributed by atoms with van der Waals surface area (Å²) in [5.74, 6) is -0.510. The normalized spacial score (nSPS) is 18.7. The Labute approximate surface area is 137 Å². The first kappa shape index (κ1) is 17.1. The maximum Gasteiger partial charge on any atom is 0.288 e. The molecule has 1 aromatic rings. The van der Waals surface area contributed by atoms with Crippen molar-refractivity contribution in [1.82, 2.24) is 5.43 Å². The molecule has 0 bridgehead atoms. The number of nitrogens with zero attached hydrogens (tertiary/aromatic N) is 2. The Balaban J connectivity index is 2.13. The van der Waals surface area contributed by atoms with Gasteiger partial charge in [-0.1, -0.05) is 25.4 Å². The van der Waals surface area contributed by atoms with Crippen LogP contribution in [0.2, 0.25) is 5.02 Å². The van der Waals surface area contributed by atoms with Crippen molar-refractivity contribution >= 4 is 34.7 Å². The van der Waals surface area contributed by atoms with E-state index >= 15 is 0 Å². The molecule has 0 atom stereocenters. The van der Waals surface area contributed by atoms with Crippen molar-refractivity contribution < 1.29 is 14.5 Å². The molecule has 0 aromatic heterocycles. The van der Waals surface area contributed by atoms with E-state index in [1.165, 1.54) is 12.1 Å². The molecule has 1 amide bonds. The van der Waals surface area contributed by atoms with Gasteiger partial charge in [0.05, 0.1) is 4.92 Å². The maximum atomic E-state index is 12.0. The van der Waals surface area contributed by atoms with Crippen molar-refractivity contribution in [3.63, 3.8) is 0 Å². The molecule has 8 heteroatoms. The number of amides is 1. The van der Waals surface area contributed by atoms with E-state index in [9.17, 15) is 19.7 Å². The first-order chi connectivity index (χ1) is 10.7. The summed E-state index contributed by atoms with van der Waals surface area (Å²) in [5, 5.41) is 14.8. The van der Waals surface area contributed by atoms with Crippen molar-refractivity contribution in [1.29, 1.82) is 0 Å². The molecule has 0 saturated heterocycles. The van der Waals surface area contributed by atoms with Gasteiger partial charge in [0, 0.05) is 30.2 Å². The number of halogens is 1. The number of hydrogen-bond acceptors (Lipinski definition) is 5. The van der Waals surface area contributed by atoms with Crippen molar-refractivity contribution in [3.05, 3.63) is 38.9 Å². The molecule has 23 heavy (non-hydrogen) atoms. The minimum absolute atomic E-state index is 0.0440. The Morgan fingerprint density at radius 3 is 2.70 bits per heavy atom. The lowest BCUT2D eigenvalue weighted by atomic mass is 9.76. The molecule has 0 aliphatic heterocycles. The number of rotatable bonds is 3. The van der Waals surface area contributed by atoms with Crippen LogP contribution in [0, 0.1) is 15.5 Å². The summed E-state index contributed by atoms with van der Waals surface area (Å²) in [5.41, 5.74) is 2.49. The highest BCUT2D eigenvalue weighted by atomic mass is 35.5. The topological polar surface area (TPSA) is 102 Å². The van der Waals surface area contributed by atoms with Gasteiger partial charge in [-0.25, -0.2) is 5.43 Å². The van der Waals surface area contributed by atoms with Crippen LogP contribution in [-0.2, 0) is 4.79 Å². The van der Waals surface area contributed by atoms with Crippen LogP contribution in [0.25, 0.3) is 0 Å². The van der Waals surface area contributed by atoms with Gasteiger partial charge < -0.3 is 0 Å². The SMILES string of the molecule is CC1(C)CC(=O)CC(=NNC(=O)c2ccc(Cl)c([N+](=O)[O-])c2)C1. The summed E-state index contributed by atoms with van der Waals surface area (Å²) in [6.07, 6.45) is 1.31. The molecule has 1 aliphatic rings. The predicted molar refractivity (Wildman–Crippen MR) is 85.6 cm³/mol. The number of carbonyl (C=O) groups excluding carboxylic acids is 2. The largest absolute Gasteiger partial charge is 0.299 e. The second-order valence-corrected chi connectivity index (χ2v) is 6.68. The molecule has 7 nitrogen and oxygen atoms in total. The first-order valence-electron chi connectivity index (χ1n) is 6.99. The third-order valence-corrected chi connectivity index (χ3v) is 3.80. The predicted octanol–water partition coefficient (Wildman–Crippen LogP) is 3.11. The average molecular weight is 338 g/mol. The Morgan fingerprint density at radius 1 is 1.39 bits per heavy atom. The molecule has 2 rings (SSSR count). The fourth-order valence-electron chi connectivity index (χ4n) is 2.57. The van der Waals surface area contributed by atoms with E-state index in [0.717, 1.165) is 6.07 Å². The molecular weight excluding hydrogens is 322 g/mol. The number of nitrogens with one attached hydrogen (secondary N) is 1. The Morgan fingerprint density at radius 2 is 2.09 bits per heavy atom. The number of carbonyl (C=O) groups is 2. The second-order valence-electron chi connectivity index (χ2n) is 6.28. The summed E-state index contributed by atoms with van der Waals surface area (Å²) in [4.78, 5) is 33.9. The van der Waals surface area contributed by atoms with Crippen LogP contribution >= 0.6 is 11.6 Å². The molecule has 1 fully saturated rings. The van der Waals surface area contributed by atoms with Crippen LogP contribution in [0.15, 0.2) is 23.3 Å². The number of hydrazone groups is 1. The summed E-state index contributed by atoms with van der Waals surface area (Å²) in [6, 6.07) is 3.75. The lowest BCUT2D eigenvalue weighted by Crippen LogP contribution is -2.31. The fraction of sp³-hybridized carbons (Fsp3) is 0.400. The molecule has 0 spiro atoms. The lowest BCUT2D eigenvalue weighted by molar-refractivity contribution is -0.384. The van der Waals surface area contributed by atoms with Gasteiger partial charge in [-0.3, -0.25) is 19.7 Å². The summed E-state index contributed by atoms with van der Waals surface area (Å²) in [6.45, 7) is 3.92. The molecule has 0 heterocycles. The van der Waals surface area contributed by atoms with Crippen LogP contribution < -0.4 is 5.43 Å². The van der Waals surface area contributed by atoms with Crippen molar-refractivity contribution in [2.45, 2.75) is 33.1 Å². The summed E-state index contributed by atoms with van der Waals surface area (Å²) in [7, 11) is 0. The van der Waals surface area contributed by atoms with Crippen LogP contribution in [0.5, 0.6) is 0 Å². The Hall–Kier alpha value is -2.28. The van der Waals surface area contributed by atoms with Gasteiger partial charge in [-0.15, -0.1) is 0 Å². The zero-order chi connectivity index (χ0) is 17.2. The number of benzene rings is 1. The second kappa shape index (κ2) is 6.45. The quantitative estimate of drug-likeness (QED) is 0.676. The van der Waals surface area contributed by atoms with Crippen molar-refractivity contribution in [2.75, 3.05) is 0 Å². The minimum Gasteiger partial charge on any atom is -0.299 e. The van der Waals surface area contributed by atoms with Crippen LogP contribution in [-0.4, -0.2) is 22.3 Å². The molecule has 0 radical (unpaired) electrons. The molecule has 122 valence electrons. The highest BCUT2D eigenvalue weighted by Gasteiger charge is 2.30.